The maximum absolute atomic E-state index is 13.1. The average molecular weight is 332 g/mol. The Balaban J connectivity index is 1.61. The molecule has 0 radical (unpaired) electrons. The van der Waals surface area contributed by atoms with Gasteiger partial charge in [0.2, 0.25) is 0 Å². The molecule has 0 amide bonds. The van der Waals surface area contributed by atoms with Gasteiger partial charge in [-0.2, -0.15) is 5.10 Å². The Morgan fingerprint density at radius 2 is 2.00 bits per heavy atom. The fourth-order valence-electron chi connectivity index (χ4n) is 3.35. The number of aliphatic hydroxyl groups is 1. The van der Waals surface area contributed by atoms with Crippen LogP contribution in [-0.4, -0.2) is 53.0 Å². The van der Waals surface area contributed by atoms with Gasteiger partial charge in [0.15, 0.2) is 0 Å². The van der Waals surface area contributed by atoms with Gasteiger partial charge >= 0.3 is 0 Å². The van der Waals surface area contributed by atoms with E-state index in [-0.39, 0.29) is 11.9 Å². The molecule has 2 aromatic rings. The lowest BCUT2D eigenvalue weighted by molar-refractivity contribution is 0.0562. The van der Waals surface area contributed by atoms with Crippen molar-refractivity contribution < 1.29 is 9.50 Å². The molecule has 1 unspecified atom stereocenters. The molecule has 0 aliphatic carbocycles. The first-order chi connectivity index (χ1) is 11.6. The third kappa shape index (κ3) is 4.20. The number of benzene rings is 1. The van der Waals surface area contributed by atoms with Crippen LogP contribution < -0.4 is 5.32 Å². The Kier molecular flexibility index (Phi) is 5.60. The molecule has 1 atom stereocenters. The quantitative estimate of drug-likeness (QED) is 0.757. The van der Waals surface area contributed by atoms with Crippen LogP contribution in [0.25, 0.3) is 11.3 Å². The number of aromatic nitrogens is 2. The van der Waals surface area contributed by atoms with Crippen LogP contribution in [0, 0.1) is 11.7 Å². The Hall–Kier alpha value is -1.76. The van der Waals surface area contributed by atoms with Crippen molar-refractivity contribution in [3.8, 4) is 11.3 Å². The Bertz CT molecular complexity index is 637. The molecular weight excluding hydrogens is 307 g/mol. The first kappa shape index (κ1) is 17.1. The Morgan fingerprint density at radius 1 is 1.29 bits per heavy atom. The zero-order chi connectivity index (χ0) is 16.9. The number of hydrogen-bond acceptors (Lipinski definition) is 4. The minimum absolute atomic E-state index is 0.248. The van der Waals surface area contributed by atoms with Gasteiger partial charge in [0.25, 0.3) is 0 Å². The molecule has 5 nitrogen and oxygen atoms in total. The van der Waals surface area contributed by atoms with Crippen molar-refractivity contribution in [1.29, 1.82) is 0 Å². The summed E-state index contributed by atoms with van der Waals surface area (Å²) in [6.07, 6.45) is 3.55. The predicted molar refractivity (Wildman–Crippen MR) is 91.9 cm³/mol. The van der Waals surface area contributed by atoms with E-state index in [1.54, 1.807) is 18.3 Å². The SMILES string of the molecule is CN(Cc1cn[nH]c1-c1ccc(F)cc1)CC(O)C1CCNCC1. The van der Waals surface area contributed by atoms with Gasteiger partial charge < -0.3 is 10.4 Å². The predicted octanol–water partition coefficient (Wildman–Crippen LogP) is 2.01. The first-order valence-electron chi connectivity index (χ1n) is 8.49. The van der Waals surface area contributed by atoms with Gasteiger partial charge in [0.05, 0.1) is 18.0 Å². The number of rotatable bonds is 6. The zero-order valence-electron chi connectivity index (χ0n) is 14.0. The second-order valence-electron chi connectivity index (χ2n) is 6.63. The highest BCUT2D eigenvalue weighted by Gasteiger charge is 2.23. The number of H-pyrrole nitrogens is 1. The van der Waals surface area contributed by atoms with Crippen molar-refractivity contribution in [3.05, 3.63) is 41.8 Å². The lowest BCUT2D eigenvalue weighted by atomic mass is 9.92. The van der Waals surface area contributed by atoms with Crippen LogP contribution in [0.5, 0.6) is 0 Å². The molecule has 1 saturated heterocycles. The average Bonchev–Trinajstić information content (AvgIpc) is 3.04. The largest absolute Gasteiger partial charge is 0.392 e. The molecule has 130 valence electrons. The number of nitrogens with zero attached hydrogens (tertiary/aromatic N) is 2. The highest BCUT2D eigenvalue weighted by atomic mass is 19.1. The molecule has 3 rings (SSSR count). The molecule has 1 fully saturated rings. The van der Waals surface area contributed by atoms with E-state index in [2.05, 4.69) is 20.4 Å². The summed E-state index contributed by atoms with van der Waals surface area (Å²) in [5.74, 6) is 0.122. The summed E-state index contributed by atoms with van der Waals surface area (Å²) in [7, 11) is 2.01. The van der Waals surface area contributed by atoms with Gasteiger partial charge in [-0.1, -0.05) is 0 Å². The van der Waals surface area contributed by atoms with E-state index >= 15 is 0 Å². The number of likely N-dealkylation sites (N-methyl/N-ethyl adjacent to an activating group) is 1. The Morgan fingerprint density at radius 3 is 2.71 bits per heavy atom. The van der Waals surface area contributed by atoms with Gasteiger partial charge in [-0.05, 0) is 63.2 Å². The number of halogens is 1. The molecule has 3 N–H and O–H groups in total. The summed E-state index contributed by atoms with van der Waals surface area (Å²) in [6, 6.07) is 6.39. The monoisotopic (exact) mass is 332 g/mol. The van der Waals surface area contributed by atoms with Crippen molar-refractivity contribution in [1.82, 2.24) is 20.4 Å². The lowest BCUT2D eigenvalue weighted by Gasteiger charge is -2.30. The van der Waals surface area contributed by atoms with Crippen molar-refractivity contribution in [2.24, 2.45) is 5.92 Å². The summed E-state index contributed by atoms with van der Waals surface area (Å²) in [5, 5.41) is 20.9. The van der Waals surface area contributed by atoms with Crippen LogP contribution in [0.4, 0.5) is 4.39 Å². The minimum Gasteiger partial charge on any atom is -0.392 e. The van der Waals surface area contributed by atoms with Crippen molar-refractivity contribution in [2.75, 3.05) is 26.7 Å². The topological polar surface area (TPSA) is 64.2 Å². The highest BCUT2D eigenvalue weighted by Crippen LogP contribution is 2.23. The van der Waals surface area contributed by atoms with Gasteiger partial charge in [-0.15, -0.1) is 0 Å². The normalized spacial score (nSPS) is 17.3. The van der Waals surface area contributed by atoms with Crippen LogP contribution in [0.2, 0.25) is 0 Å². The van der Waals surface area contributed by atoms with E-state index < -0.39 is 0 Å². The van der Waals surface area contributed by atoms with E-state index in [1.807, 2.05) is 7.05 Å². The molecule has 1 aromatic carbocycles. The summed E-state index contributed by atoms with van der Waals surface area (Å²) < 4.78 is 13.1. The van der Waals surface area contributed by atoms with Crippen molar-refractivity contribution >= 4 is 0 Å². The summed E-state index contributed by atoms with van der Waals surface area (Å²) in [6.45, 7) is 3.30. The molecular formula is C18H25FN4O. The van der Waals surface area contributed by atoms with Crippen molar-refractivity contribution in [3.63, 3.8) is 0 Å². The van der Waals surface area contributed by atoms with Crippen LogP contribution in [0.1, 0.15) is 18.4 Å². The third-order valence-corrected chi connectivity index (χ3v) is 4.72. The minimum atomic E-state index is -0.307. The third-order valence-electron chi connectivity index (χ3n) is 4.72. The molecule has 2 heterocycles. The fraction of sp³-hybridized carbons (Fsp3) is 0.500. The molecule has 1 aliphatic heterocycles. The maximum atomic E-state index is 13.1. The van der Waals surface area contributed by atoms with Crippen LogP contribution in [-0.2, 0) is 6.54 Å². The summed E-state index contributed by atoms with van der Waals surface area (Å²) >= 11 is 0. The first-order valence-corrected chi connectivity index (χ1v) is 8.49. The molecule has 0 spiro atoms. The van der Waals surface area contributed by atoms with Crippen LogP contribution >= 0.6 is 0 Å². The number of piperidine rings is 1. The van der Waals surface area contributed by atoms with Gasteiger partial charge in [0.1, 0.15) is 5.82 Å². The molecule has 6 heteroatoms. The zero-order valence-corrected chi connectivity index (χ0v) is 14.0. The van der Waals surface area contributed by atoms with E-state index in [9.17, 15) is 9.50 Å². The Labute approximate surface area is 141 Å². The standard InChI is InChI=1S/C18H25FN4O/c1-23(12-17(24)13-6-8-20-9-7-13)11-15-10-21-22-18(15)14-2-4-16(19)5-3-14/h2-5,10,13,17,20,24H,6-9,11-12H2,1H3,(H,21,22). The second kappa shape index (κ2) is 7.88. The van der Waals surface area contributed by atoms with Crippen LogP contribution in [0.3, 0.4) is 0 Å². The molecule has 1 aliphatic rings. The maximum Gasteiger partial charge on any atom is 0.123 e. The van der Waals surface area contributed by atoms with E-state index in [0.717, 1.165) is 42.8 Å². The van der Waals surface area contributed by atoms with Crippen LogP contribution in [0.15, 0.2) is 30.5 Å². The summed E-state index contributed by atoms with van der Waals surface area (Å²) in [4.78, 5) is 2.12. The van der Waals surface area contributed by atoms with Crippen molar-refractivity contribution in [2.45, 2.75) is 25.5 Å². The fourth-order valence-corrected chi connectivity index (χ4v) is 3.35. The van der Waals surface area contributed by atoms with Gasteiger partial charge in [-0.3, -0.25) is 10.00 Å². The van der Waals surface area contributed by atoms with E-state index in [1.165, 1.54) is 12.1 Å². The molecule has 0 saturated carbocycles. The second-order valence-corrected chi connectivity index (χ2v) is 6.63. The molecule has 24 heavy (non-hydrogen) atoms. The summed E-state index contributed by atoms with van der Waals surface area (Å²) in [5.41, 5.74) is 2.86. The number of nitrogens with one attached hydrogen (secondary N) is 2. The molecule has 1 aromatic heterocycles. The van der Waals surface area contributed by atoms with Gasteiger partial charge in [0, 0.05) is 24.2 Å². The van der Waals surface area contributed by atoms with E-state index in [4.69, 9.17) is 0 Å². The lowest BCUT2D eigenvalue weighted by Crippen LogP contribution is -2.39. The van der Waals surface area contributed by atoms with Gasteiger partial charge in [-0.25, -0.2) is 4.39 Å². The molecule has 0 bridgehead atoms. The van der Waals surface area contributed by atoms with E-state index in [0.29, 0.717) is 19.0 Å². The smallest absolute Gasteiger partial charge is 0.123 e. The number of aliphatic hydroxyl groups excluding tert-OH is 1. The highest BCUT2D eigenvalue weighted by molar-refractivity contribution is 5.62. The number of aromatic amines is 1. The number of hydrogen-bond donors (Lipinski definition) is 3.